The molecule has 1 aliphatic rings. The van der Waals surface area contributed by atoms with E-state index in [1.807, 2.05) is 69.4 Å². The minimum absolute atomic E-state index is 0.0874. The topological polar surface area (TPSA) is 143 Å². The molecule has 0 aliphatic carbocycles. The number of aryl methyl sites for hydroxylation is 1. The molecule has 3 amide bonds. The summed E-state index contributed by atoms with van der Waals surface area (Å²) in [5.74, 6) is 0.782. The predicted octanol–water partition coefficient (Wildman–Crippen LogP) is 4.81. The average Bonchev–Trinajstić information content (AvgIpc) is 3.14. The molecule has 3 aromatic rings. The van der Waals surface area contributed by atoms with Crippen LogP contribution in [-0.2, 0) is 46.9 Å². The van der Waals surface area contributed by atoms with E-state index in [9.17, 15) is 24.3 Å². The molecule has 1 fully saturated rings. The first-order valence-corrected chi connectivity index (χ1v) is 17.9. The summed E-state index contributed by atoms with van der Waals surface area (Å²) in [7, 11) is 1.87. The quantitative estimate of drug-likeness (QED) is 0.116. The molecule has 0 bridgehead atoms. The van der Waals surface area contributed by atoms with Gasteiger partial charge in [-0.3, -0.25) is 24.3 Å². The number of hydrogen-bond donors (Lipinski definition) is 4. The number of carboxylic acids is 1. The maximum atomic E-state index is 14.5. The molecule has 0 radical (unpaired) electrons. The van der Waals surface area contributed by atoms with Gasteiger partial charge in [0.25, 0.3) is 0 Å². The molecule has 278 valence electrons. The van der Waals surface area contributed by atoms with Gasteiger partial charge in [-0.1, -0.05) is 62.2 Å². The van der Waals surface area contributed by atoms with Crippen molar-refractivity contribution in [3.63, 3.8) is 0 Å². The van der Waals surface area contributed by atoms with Crippen molar-refractivity contribution in [3.05, 3.63) is 112 Å². The van der Waals surface area contributed by atoms with E-state index in [0.29, 0.717) is 51.1 Å². The number of benzene rings is 3. The summed E-state index contributed by atoms with van der Waals surface area (Å²) in [4.78, 5) is 60.3. The number of aromatic carboxylic acids is 1. The Bertz CT molecular complexity index is 1850. The van der Waals surface area contributed by atoms with E-state index in [1.54, 1.807) is 29.2 Å². The van der Waals surface area contributed by atoms with Crippen molar-refractivity contribution in [1.82, 2.24) is 20.4 Å². The van der Waals surface area contributed by atoms with Gasteiger partial charge >= 0.3 is 5.97 Å². The monoisotopic (exact) mass is 718 g/mol. The number of hydrogen-bond acceptors (Lipinski definition) is 7. The molecular weight excluding hydrogens is 668 g/mol. The van der Waals surface area contributed by atoms with Crippen LogP contribution in [0.5, 0.6) is 0 Å². The van der Waals surface area contributed by atoms with Gasteiger partial charge in [0.05, 0.1) is 12.0 Å². The van der Waals surface area contributed by atoms with Crippen LogP contribution >= 0.6 is 0 Å². The smallest absolute Gasteiger partial charge is 0.335 e. The van der Waals surface area contributed by atoms with Crippen LogP contribution in [0.2, 0.25) is 0 Å². The second-order valence-corrected chi connectivity index (χ2v) is 13.5. The van der Waals surface area contributed by atoms with Gasteiger partial charge in [0.2, 0.25) is 17.7 Å². The summed E-state index contributed by atoms with van der Waals surface area (Å²) < 4.78 is 0. The van der Waals surface area contributed by atoms with Gasteiger partial charge in [0, 0.05) is 37.0 Å². The predicted molar refractivity (Wildman–Crippen MR) is 208 cm³/mol. The molecule has 1 saturated heterocycles. The van der Waals surface area contributed by atoms with Gasteiger partial charge in [-0.2, -0.15) is 0 Å². The fourth-order valence-corrected chi connectivity index (χ4v) is 6.51. The third-order valence-corrected chi connectivity index (χ3v) is 9.50. The van der Waals surface area contributed by atoms with Crippen molar-refractivity contribution in [2.24, 2.45) is 10.4 Å². The second kappa shape index (κ2) is 19.9. The van der Waals surface area contributed by atoms with Crippen LogP contribution in [0.25, 0.3) is 0 Å². The van der Waals surface area contributed by atoms with Crippen molar-refractivity contribution in [2.45, 2.75) is 59.2 Å². The lowest BCUT2D eigenvalue weighted by Gasteiger charge is -2.41. The number of carbonyl (C=O) groups excluding carboxylic acids is 3. The van der Waals surface area contributed by atoms with Crippen molar-refractivity contribution in [1.29, 1.82) is 0 Å². The Morgan fingerprint density at radius 3 is 2.43 bits per heavy atom. The normalized spacial score (nSPS) is 14.2. The summed E-state index contributed by atoms with van der Waals surface area (Å²) >= 11 is 0. The Kier molecular flexibility index (Phi) is 15.1. The highest BCUT2D eigenvalue weighted by Gasteiger charge is 2.40. The lowest BCUT2D eigenvalue weighted by molar-refractivity contribution is -0.146. The Balaban J connectivity index is 1.47. The fourth-order valence-electron chi connectivity index (χ4n) is 6.51. The lowest BCUT2D eigenvalue weighted by atomic mass is 9.78. The van der Waals surface area contributed by atoms with Crippen LogP contribution in [0.3, 0.4) is 0 Å². The number of rotatable bonds is 17. The van der Waals surface area contributed by atoms with Crippen molar-refractivity contribution in [3.8, 4) is 12.3 Å². The van der Waals surface area contributed by atoms with Crippen LogP contribution in [0.4, 0.5) is 5.69 Å². The molecule has 1 aliphatic heterocycles. The van der Waals surface area contributed by atoms with Crippen LogP contribution in [-0.4, -0.2) is 78.2 Å². The molecule has 0 saturated carbocycles. The largest absolute Gasteiger partial charge is 0.478 e. The summed E-state index contributed by atoms with van der Waals surface area (Å²) in [5.41, 5.74) is 4.80. The number of carbonyl (C=O) groups is 4. The SMILES string of the molecule is C#C/C=C\C=NCNC(=O)Cc1cc(NC(=O)CN(Cc2ccccc2CNC)C(=O)C2(C)CCN(Cc3cccc(C(=O)O)c3)CC2)ccc1CC. The fraction of sp³-hybridized carbons (Fsp3) is 0.357. The molecule has 1 heterocycles. The molecule has 0 aromatic heterocycles. The highest BCUT2D eigenvalue weighted by Crippen LogP contribution is 2.34. The van der Waals surface area contributed by atoms with Gasteiger partial charge in [-0.15, -0.1) is 6.42 Å². The number of amides is 3. The van der Waals surface area contributed by atoms with Crippen LogP contribution in [0.1, 0.15) is 64.9 Å². The number of nitrogens with one attached hydrogen (secondary N) is 3. The van der Waals surface area contributed by atoms with Gasteiger partial charge in [-0.25, -0.2) is 4.79 Å². The first kappa shape index (κ1) is 40.2. The number of terminal acetylenes is 1. The first-order chi connectivity index (χ1) is 25.5. The Morgan fingerprint density at radius 2 is 1.74 bits per heavy atom. The molecular formula is C42H50N6O5. The van der Waals surface area contributed by atoms with E-state index >= 15 is 0 Å². The molecule has 4 rings (SSSR count). The number of nitrogens with zero attached hydrogens (tertiary/aromatic N) is 3. The summed E-state index contributed by atoms with van der Waals surface area (Å²) in [6, 6.07) is 20.4. The maximum absolute atomic E-state index is 14.5. The highest BCUT2D eigenvalue weighted by atomic mass is 16.4. The van der Waals surface area contributed by atoms with Crippen molar-refractivity contribution >= 4 is 35.6 Å². The van der Waals surface area contributed by atoms with Crippen LogP contribution in [0.15, 0.2) is 83.9 Å². The molecule has 11 nitrogen and oxygen atoms in total. The third-order valence-electron chi connectivity index (χ3n) is 9.50. The maximum Gasteiger partial charge on any atom is 0.335 e. The zero-order valence-corrected chi connectivity index (χ0v) is 30.9. The zero-order chi connectivity index (χ0) is 38.2. The molecule has 3 aromatic carbocycles. The van der Waals surface area contributed by atoms with E-state index < -0.39 is 11.4 Å². The third kappa shape index (κ3) is 12.0. The lowest BCUT2D eigenvalue weighted by Crippen LogP contribution is -2.50. The average molecular weight is 719 g/mol. The van der Waals surface area contributed by atoms with Crippen LogP contribution in [0, 0.1) is 17.8 Å². The summed E-state index contributed by atoms with van der Waals surface area (Å²) in [6.07, 6.45) is 11.8. The number of aliphatic imine (C=N–C) groups is 1. The standard InChI is InChI=1S/C42H50N6O5/c1-5-7-10-20-44-30-45-38(49)25-36-24-37(17-16-32(36)6-2)46-39(50)29-48(28-35-14-9-8-13-34(35)26-43-4)41(53)42(3)18-21-47(22-19-42)27-31-12-11-15-33(23-31)40(51)52/h1,7-17,20,23-24,43H,6,18-19,21-22,25-30H2,2-4H3,(H,45,49)(H,46,50)(H,51,52)/b10-7-,44-20?. The van der Waals surface area contributed by atoms with E-state index in [-0.39, 0.29) is 49.5 Å². The van der Waals surface area contributed by atoms with Crippen molar-refractivity contribution < 1.29 is 24.3 Å². The molecule has 4 N–H and O–H groups in total. The second-order valence-electron chi connectivity index (χ2n) is 13.5. The van der Waals surface area contributed by atoms with Crippen LogP contribution < -0.4 is 16.0 Å². The zero-order valence-electron chi connectivity index (χ0n) is 30.9. The molecule has 11 heteroatoms. The number of anilines is 1. The number of likely N-dealkylation sites (tertiary alicyclic amines) is 1. The Hall–Kier alpha value is -5.57. The van der Waals surface area contributed by atoms with E-state index in [1.165, 1.54) is 12.3 Å². The number of carboxylic acid groups (broad SMARTS) is 1. The van der Waals surface area contributed by atoms with Gasteiger partial charge in [0.1, 0.15) is 13.2 Å². The van der Waals surface area contributed by atoms with E-state index in [0.717, 1.165) is 27.8 Å². The van der Waals surface area contributed by atoms with Gasteiger partial charge in [0.15, 0.2) is 0 Å². The molecule has 0 atom stereocenters. The van der Waals surface area contributed by atoms with Gasteiger partial charge in [-0.05, 0) is 104 Å². The van der Waals surface area contributed by atoms with Crippen molar-refractivity contribution in [2.75, 3.05) is 38.7 Å². The highest BCUT2D eigenvalue weighted by molar-refractivity contribution is 5.95. The first-order valence-electron chi connectivity index (χ1n) is 17.9. The molecule has 0 spiro atoms. The minimum atomic E-state index is -0.960. The molecule has 0 unspecified atom stereocenters. The summed E-state index contributed by atoms with van der Waals surface area (Å²) in [5, 5.41) is 18.3. The number of allylic oxidation sites excluding steroid dienone is 2. The Labute approximate surface area is 312 Å². The minimum Gasteiger partial charge on any atom is -0.478 e. The molecule has 53 heavy (non-hydrogen) atoms. The van der Waals surface area contributed by atoms with Gasteiger partial charge < -0.3 is 26.0 Å². The van der Waals surface area contributed by atoms with E-state index in [4.69, 9.17) is 6.42 Å². The summed E-state index contributed by atoms with van der Waals surface area (Å²) in [6.45, 7) is 6.75. The number of piperidine rings is 1. The van der Waals surface area contributed by atoms with E-state index in [2.05, 4.69) is 31.8 Å². The Morgan fingerprint density at radius 1 is 0.981 bits per heavy atom.